The fourth-order valence-electron chi connectivity index (χ4n) is 3.06. The Morgan fingerprint density at radius 1 is 0.926 bits per heavy atom. The first kappa shape index (κ1) is 17.0. The fourth-order valence-corrected chi connectivity index (χ4v) is 3.06. The molecule has 0 radical (unpaired) electrons. The highest BCUT2D eigenvalue weighted by atomic mass is 16.5. The maximum atomic E-state index is 13.3. The highest BCUT2D eigenvalue weighted by molar-refractivity contribution is 5.99. The van der Waals surface area contributed by atoms with Gasteiger partial charge in [0, 0.05) is 43.4 Å². The normalized spacial score (nSPS) is 12.5. The molecule has 1 amide bonds. The minimum absolute atomic E-state index is 0.0369. The van der Waals surface area contributed by atoms with Crippen LogP contribution in [0.2, 0.25) is 0 Å². The van der Waals surface area contributed by atoms with E-state index in [1.54, 1.807) is 24.8 Å². The largest absolute Gasteiger partial charge is 0.488 e. The number of benzene rings is 1. The fraction of sp³-hybridized carbons (Fsp3) is 0.136. The van der Waals surface area contributed by atoms with Gasteiger partial charge in [0.15, 0.2) is 0 Å². The lowest BCUT2D eigenvalue weighted by atomic mass is 10.1. The molecule has 1 aliphatic heterocycles. The molecule has 5 heteroatoms. The summed E-state index contributed by atoms with van der Waals surface area (Å²) in [6.45, 7) is 1.25. The highest BCUT2D eigenvalue weighted by Crippen LogP contribution is 2.27. The van der Waals surface area contributed by atoms with Crippen molar-refractivity contribution < 1.29 is 9.53 Å². The van der Waals surface area contributed by atoms with Gasteiger partial charge in [-0.2, -0.15) is 0 Å². The van der Waals surface area contributed by atoms with Crippen LogP contribution >= 0.6 is 0 Å². The minimum Gasteiger partial charge on any atom is -0.488 e. The second-order valence-electron chi connectivity index (χ2n) is 6.37. The molecule has 0 aliphatic carbocycles. The summed E-state index contributed by atoms with van der Waals surface area (Å²) in [5.41, 5.74) is 3.58. The third-order valence-electron chi connectivity index (χ3n) is 4.41. The summed E-state index contributed by atoms with van der Waals surface area (Å²) in [6, 6.07) is 15.4. The SMILES string of the molecule is O=C(C1=Cc2ccccc2OC1)N(Cc1ccncc1)Cc1cccnc1. The number of hydrogen-bond donors (Lipinski definition) is 0. The van der Waals surface area contributed by atoms with Crippen LogP contribution in [0.3, 0.4) is 0 Å². The summed E-state index contributed by atoms with van der Waals surface area (Å²) in [5.74, 6) is 0.771. The number of carbonyl (C=O) groups excluding carboxylic acids is 1. The van der Waals surface area contributed by atoms with Crippen molar-refractivity contribution in [3.63, 3.8) is 0 Å². The van der Waals surface area contributed by atoms with Crippen molar-refractivity contribution in [3.8, 4) is 5.75 Å². The predicted octanol–water partition coefficient (Wildman–Crippen LogP) is 3.48. The Kier molecular flexibility index (Phi) is 4.92. The number of hydrogen-bond acceptors (Lipinski definition) is 4. The van der Waals surface area contributed by atoms with E-state index < -0.39 is 0 Å². The van der Waals surface area contributed by atoms with E-state index in [1.807, 2.05) is 59.5 Å². The molecule has 0 bridgehead atoms. The number of ether oxygens (including phenoxy) is 1. The Morgan fingerprint density at radius 3 is 2.56 bits per heavy atom. The van der Waals surface area contributed by atoms with E-state index in [9.17, 15) is 4.79 Å². The molecule has 1 aliphatic rings. The predicted molar refractivity (Wildman–Crippen MR) is 103 cm³/mol. The Hall–Kier alpha value is -3.47. The number of pyridine rings is 2. The van der Waals surface area contributed by atoms with Gasteiger partial charge in [0.1, 0.15) is 12.4 Å². The van der Waals surface area contributed by atoms with Crippen LogP contribution in [-0.2, 0) is 17.9 Å². The van der Waals surface area contributed by atoms with Crippen molar-refractivity contribution in [1.29, 1.82) is 0 Å². The number of aromatic nitrogens is 2. The molecule has 0 N–H and O–H groups in total. The third kappa shape index (κ3) is 4.03. The Morgan fingerprint density at radius 2 is 1.74 bits per heavy atom. The lowest BCUT2D eigenvalue weighted by molar-refractivity contribution is -0.128. The first-order valence-corrected chi connectivity index (χ1v) is 8.79. The quantitative estimate of drug-likeness (QED) is 0.701. The van der Waals surface area contributed by atoms with Crippen molar-refractivity contribution >= 4 is 12.0 Å². The maximum Gasteiger partial charge on any atom is 0.253 e. The molecule has 0 spiro atoms. The number of rotatable bonds is 5. The standard InChI is InChI=1S/C22H19N3O2/c26-22(20-12-19-5-1-2-6-21(19)27-16-20)25(14-17-7-10-23-11-8-17)15-18-4-3-9-24-13-18/h1-13H,14-16H2. The summed E-state index contributed by atoms with van der Waals surface area (Å²) < 4.78 is 5.77. The van der Waals surface area contributed by atoms with E-state index in [0.717, 1.165) is 22.4 Å². The molecule has 0 saturated heterocycles. The molecule has 0 unspecified atom stereocenters. The van der Waals surface area contributed by atoms with E-state index >= 15 is 0 Å². The van der Waals surface area contributed by atoms with Crippen LogP contribution in [0.5, 0.6) is 5.75 Å². The number of carbonyl (C=O) groups is 1. The van der Waals surface area contributed by atoms with Crippen LogP contribution in [0.4, 0.5) is 0 Å². The van der Waals surface area contributed by atoms with Crippen LogP contribution in [0.15, 0.2) is 78.9 Å². The van der Waals surface area contributed by atoms with Gasteiger partial charge in [-0.05, 0) is 41.5 Å². The van der Waals surface area contributed by atoms with E-state index in [0.29, 0.717) is 18.7 Å². The van der Waals surface area contributed by atoms with E-state index in [2.05, 4.69) is 9.97 Å². The third-order valence-corrected chi connectivity index (χ3v) is 4.41. The van der Waals surface area contributed by atoms with Crippen molar-refractivity contribution in [1.82, 2.24) is 14.9 Å². The molecule has 3 aromatic rings. The molecule has 27 heavy (non-hydrogen) atoms. The first-order chi connectivity index (χ1) is 13.3. The smallest absolute Gasteiger partial charge is 0.253 e. The molecular weight excluding hydrogens is 338 g/mol. The Labute approximate surface area is 158 Å². The van der Waals surface area contributed by atoms with Crippen LogP contribution in [0.1, 0.15) is 16.7 Å². The van der Waals surface area contributed by atoms with Gasteiger partial charge >= 0.3 is 0 Å². The molecule has 1 aromatic carbocycles. The summed E-state index contributed by atoms with van der Waals surface area (Å²) >= 11 is 0. The molecule has 5 nitrogen and oxygen atoms in total. The Bertz CT molecular complexity index is 914. The average molecular weight is 357 g/mol. The van der Waals surface area contributed by atoms with Crippen LogP contribution in [0, 0.1) is 0 Å². The van der Waals surface area contributed by atoms with Gasteiger partial charge in [-0.15, -0.1) is 0 Å². The molecule has 0 saturated carbocycles. The number of nitrogens with zero attached hydrogens (tertiary/aromatic N) is 3. The molecule has 0 atom stereocenters. The molecule has 134 valence electrons. The molecule has 4 rings (SSSR count). The van der Waals surface area contributed by atoms with Crippen LogP contribution < -0.4 is 4.74 Å². The number of fused-ring (bicyclic) bond motifs is 1. The van der Waals surface area contributed by atoms with Gasteiger partial charge in [0.05, 0.1) is 5.57 Å². The minimum atomic E-state index is -0.0369. The summed E-state index contributed by atoms with van der Waals surface area (Å²) in [4.78, 5) is 23.3. The van der Waals surface area contributed by atoms with Crippen molar-refractivity contribution in [2.75, 3.05) is 6.61 Å². The maximum absolute atomic E-state index is 13.3. The topological polar surface area (TPSA) is 55.3 Å². The lowest BCUT2D eigenvalue weighted by Crippen LogP contribution is -2.33. The van der Waals surface area contributed by atoms with Gasteiger partial charge in [-0.25, -0.2) is 0 Å². The highest BCUT2D eigenvalue weighted by Gasteiger charge is 2.23. The van der Waals surface area contributed by atoms with Crippen molar-refractivity contribution in [3.05, 3.63) is 95.6 Å². The van der Waals surface area contributed by atoms with Gasteiger partial charge < -0.3 is 9.64 Å². The number of amides is 1. The zero-order chi connectivity index (χ0) is 18.5. The zero-order valence-electron chi connectivity index (χ0n) is 14.8. The zero-order valence-corrected chi connectivity index (χ0v) is 14.8. The molecule has 3 heterocycles. The molecular formula is C22H19N3O2. The van der Waals surface area contributed by atoms with Crippen LogP contribution in [0.25, 0.3) is 6.08 Å². The van der Waals surface area contributed by atoms with Crippen molar-refractivity contribution in [2.24, 2.45) is 0 Å². The monoisotopic (exact) mass is 357 g/mol. The lowest BCUT2D eigenvalue weighted by Gasteiger charge is -2.26. The van der Waals surface area contributed by atoms with E-state index in [-0.39, 0.29) is 12.5 Å². The first-order valence-electron chi connectivity index (χ1n) is 8.79. The average Bonchev–Trinajstić information content (AvgIpc) is 2.74. The second kappa shape index (κ2) is 7.83. The van der Waals surface area contributed by atoms with Gasteiger partial charge in [0.25, 0.3) is 5.91 Å². The number of para-hydroxylation sites is 1. The summed E-state index contributed by atoms with van der Waals surface area (Å²) in [5, 5.41) is 0. The molecule has 2 aromatic heterocycles. The van der Waals surface area contributed by atoms with Gasteiger partial charge in [-0.1, -0.05) is 24.3 Å². The van der Waals surface area contributed by atoms with E-state index in [1.165, 1.54) is 0 Å². The second-order valence-corrected chi connectivity index (χ2v) is 6.37. The summed E-state index contributed by atoms with van der Waals surface area (Å²) in [7, 11) is 0. The molecule has 0 fully saturated rings. The van der Waals surface area contributed by atoms with Gasteiger partial charge in [0.2, 0.25) is 0 Å². The van der Waals surface area contributed by atoms with Crippen LogP contribution in [-0.4, -0.2) is 27.4 Å². The summed E-state index contributed by atoms with van der Waals surface area (Å²) in [6.07, 6.45) is 8.91. The Balaban J connectivity index is 1.61. The van der Waals surface area contributed by atoms with Crippen molar-refractivity contribution in [2.45, 2.75) is 13.1 Å². The van der Waals surface area contributed by atoms with Gasteiger partial charge in [-0.3, -0.25) is 14.8 Å². The van der Waals surface area contributed by atoms with E-state index in [4.69, 9.17) is 4.74 Å².